The summed E-state index contributed by atoms with van der Waals surface area (Å²) in [5.41, 5.74) is 0.185. The number of rotatable bonds is 5. The van der Waals surface area contributed by atoms with E-state index in [-0.39, 0.29) is 17.2 Å². The van der Waals surface area contributed by atoms with E-state index >= 15 is 0 Å². The van der Waals surface area contributed by atoms with E-state index in [9.17, 15) is 4.79 Å². The standard InChI is InChI=1S/C12H22ClNO/c1-3-10(2)11(15)14-9-12(8-13)6-4-5-7-12/h10H,3-9H2,1-2H3,(H,14,15). The quantitative estimate of drug-likeness (QED) is 0.725. The van der Waals surface area contributed by atoms with Crippen LogP contribution in [0.3, 0.4) is 0 Å². The van der Waals surface area contributed by atoms with Crippen LogP contribution in [-0.2, 0) is 4.79 Å². The second-order valence-corrected chi connectivity index (χ2v) is 5.14. The molecule has 1 saturated carbocycles. The first kappa shape index (κ1) is 12.8. The van der Waals surface area contributed by atoms with E-state index in [1.54, 1.807) is 0 Å². The van der Waals surface area contributed by atoms with Gasteiger partial charge in [-0.15, -0.1) is 11.6 Å². The van der Waals surface area contributed by atoms with E-state index < -0.39 is 0 Å². The highest BCUT2D eigenvalue weighted by Gasteiger charge is 2.33. The molecule has 0 aromatic carbocycles. The van der Waals surface area contributed by atoms with Crippen LogP contribution in [-0.4, -0.2) is 18.3 Å². The smallest absolute Gasteiger partial charge is 0.222 e. The molecular weight excluding hydrogens is 210 g/mol. The van der Waals surface area contributed by atoms with E-state index in [1.807, 2.05) is 13.8 Å². The number of alkyl halides is 1. The number of carbonyl (C=O) groups excluding carboxylic acids is 1. The van der Waals surface area contributed by atoms with Gasteiger partial charge in [0.2, 0.25) is 5.91 Å². The Labute approximate surface area is 97.8 Å². The monoisotopic (exact) mass is 231 g/mol. The summed E-state index contributed by atoms with van der Waals surface area (Å²) in [6, 6.07) is 0. The molecule has 0 aliphatic heterocycles. The van der Waals surface area contributed by atoms with Crippen molar-refractivity contribution in [1.82, 2.24) is 5.32 Å². The van der Waals surface area contributed by atoms with E-state index in [1.165, 1.54) is 12.8 Å². The SMILES string of the molecule is CCC(C)C(=O)NCC1(CCl)CCCC1. The number of carbonyl (C=O) groups is 1. The highest BCUT2D eigenvalue weighted by molar-refractivity contribution is 6.18. The summed E-state index contributed by atoms with van der Waals surface area (Å²) in [5.74, 6) is 0.973. The first-order valence-corrected chi connectivity index (χ1v) is 6.51. The number of nitrogens with one attached hydrogen (secondary N) is 1. The molecule has 1 fully saturated rings. The molecule has 1 unspecified atom stereocenters. The van der Waals surface area contributed by atoms with Gasteiger partial charge in [0, 0.05) is 23.8 Å². The van der Waals surface area contributed by atoms with Gasteiger partial charge in [0.1, 0.15) is 0 Å². The van der Waals surface area contributed by atoms with Crippen LogP contribution < -0.4 is 5.32 Å². The average Bonchev–Trinajstić information content (AvgIpc) is 2.74. The van der Waals surface area contributed by atoms with Crippen LogP contribution in [0.1, 0.15) is 46.0 Å². The third-order valence-electron chi connectivity index (χ3n) is 3.65. The molecule has 0 radical (unpaired) electrons. The van der Waals surface area contributed by atoms with Gasteiger partial charge in [-0.2, -0.15) is 0 Å². The minimum atomic E-state index is 0.124. The van der Waals surface area contributed by atoms with Crippen molar-refractivity contribution in [1.29, 1.82) is 0 Å². The summed E-state index contributed by atoms with van der Waals surface area (Å²) in [6.07, 6.45) is 5.74. The Kier molecular flexibility index (Phi) is 4.91. The Balaban J connectivity index is 2.37. The van der Waals surface area contributed by atoms with Gasteiger partial charge in [0.05, 0.1) is 0 Å². The summed E-state index contributed by atoms with van der Waals surface area (Å²) in [7, 11) is 0. The zero-order valence-corrected chi connectivity index (χ0v) is 10.6. The lowest BCUT2D eigenvalue weighted by Gasteiger charge is -2.27. The van der Waals surface area contributed by atoms with E-state index in [4.69, 9.17) is 11.6 Å². The molecule has 0 heterocycles. The molecule has 1 amide bonds. The van der Waals surface area contributed by atoms with Crippen molar-refractivity contribution in [2.45, 2.75) is 46.0 Å². The van der Waals surface area contributed by atoms with Gasteiger partial charge in [-0.1, -0.05) is 26.7 Å². The predicted octanol–water partition coefficient (Wildman–Crippen LogP) is 2.95. The molecule has 0 aromatic rings. The van der Waals surface area contributed by atoms with Crippen LogP contribution in [0.15, 0.2) is 0 Å². The minimum Gasteiger partial charge on any atom is -0.355 e. The Morgan fingerprint density at radius 2 is 2.07 bits per heavy atom. The van der Waals surface area contributed by atoms with Crippen LogP contribution >= 0.6 is 11.6 Å². The van der Waals surface area contributed by atoms with Gasteiger partial charge in [0.15, 0.2) is 0 Å². The first-order valence-electron chi connectivity index (χ1n) is 5.97. The lowest BCUT2D eigenvalue weighted by atomic mass is 9.88. The van der Waals surface area contributed by atoms with Crippen molar-refractivity contribution < 1.29 is 4.79 Å². The van der Waals surface area contributed by atoms with Crippen molar-refractivity contribution in [3.05, 3.63) is 0 Å². The third kappa shape index (κ3) is 3.37. The van der Waals surface area contributed by atoms with Crippen LogP contribution in [0.4, 0.5) is 0 Å². The molecule has 0 saturated heterocycles. The van der Waals surface area contributed by atoms with Gasteiger partial charge in [-0.3, -0.25) is 4.79 Å². The lowest BCUT2D eigenvalue weighted by Crippen LogP contribution is -2.39. The molecular formula is C12H22ClNO. The number of halogens is 1. The summed E-state index contributed by atoms with van der Waals surface area (Å²) in [5, 5.41) is 3.04. The Bertz CT molecular complexity index is 212. The highest BCUT2D eigenvalue weighted by Crippen LogP contribution is 2.38. The zero-order chi connectivity index (χ0) is 11.3. The summed E-state index contributed by atoms with van der Waals surface area (Å²) in [4.78, 5) is 11.6. The maximum atomic E-state index is 11.6. The molecule has 0 bridgehead atoms. The molecule has 0 aromatic heterocycles. The maximum Gasteiger partial charge on any atom is 0.222 e. The van der Waals surface area contributed by atoms with Gasteiger partial charge >= 0.3 is 0 Å². The molecule has 3 heteroatoms. The topological polar surface area (TPSA) is 29.1 Å². The number of hydrogen-bond acceptors (Lipinski definition) is 1. The van der Waals surface area contributed by atoms with Crippen molar-refractivity contribution in [3.8, 4) is 0 Å². The predicted molar refractivity (Wildman–Crippen MR) is 64.1 cm³/mol. The van der Waals surface area contributed by atoms with E-state index in [0.29, 0.717) is 5.88 Å². The minimum absolute atomic E-state index is 0.124. The summed E-state index contributed by atoms with van der Waals surface area (Å²) < 4.78 is 0. The van der Waals surface area contributed by atoms with Gasteiger partial charge in [-0.25, -0.2) is 0 Å². The van der Waals surface area contributed by atoms with Gasteiger partial charge < -0.3 is 5.32 Å². The lowest BCUT2D eigenvalue weighted by molar-refractivity contribution is -0.125. The molecule has 1 aliphatic carbocycles. The average molecular weight is 232 g/mol. The molecule has 1 rings (SSSR count). The second kappa shape index (κ2) is 5.74. The Morgan fingerprint density at radius 3 is 2.53 bits per heavy atom. The summed E-state index contributed by atoms with van der Waals surface area (Å²) in [6.45, 7) is 4.77. The van der Waals surface area contributed by atoms with Crippen molar-refractivity contribution >= 4 is 17.5 Å². The van der Waals surface area contributed by atoms with E-state index in [2.05, 4.69) is 5.32 Å². The van der Waals surface area contributed by atoms with Crippen molar-refractivity contribution in [2.24, 2.45) is 11.3 Å². The second-order valence-electron chi connectivity index (χ2n) is 4.87. The zero-order valence-electron chi connectivity index (χ0n) is 9.81. The van der Waals surface area contributed by atoms with Crippen molar-refractivity contribution in [3.63, 3.8) is 0 Å². The first-order chi connectivity index (χ1) is 7.13. The fraction of sp³-hybridized carbons (Fsp3) is 0.917. The van der Waals surface area contributed by atoms with Crippen LogP contribution in [0.5, 0.6) is 0 Å². The van der Waals surface area contributed by atoms with Crippen LogP contribution in [0, 0.1) is 11.3 Å². The van der Waals surface area contributed by atoms with Gasteiger partial charge in [0.25, 0.3) is 0 Å². The fourth-order valence-corrected chi connectivity index (χ4v) is 2.48. The molecule has 0 spiro atoms. The molecule has 1 aliphatic rings. The molecule has 15 heavy (non-hydrogen) atoms. The van der Waals surface area contributed by atoms with E-state index in [0.717, 1.165) is 25.8 Å². The normalized spacial score (nSPS) is 21.3. The summed E-state index contributed by atoms with van der Waals surface area (Å²) >= 11 is 6.01. The number of hydrogen-bond donors (Lipinski definition) is 1. The Morgan fingerprint density at radius 1 is 1.47 bits per heavy atom. The third-order valence-corrected chi connectivity index (χ3v) is 4.21. The highest BCUT2D eigenvalue weighted by atomic mass is 35.5. The number of amides is 1. The van der Waals surface area contributed by atoms with Gasteiger partial charge in [-0.05, 0) is 19.3 Å². The molecule has 1 atom stereocenters. The largest absolute Gasteiger partial charge is 0.355 e. The Hall–Kier alpha value is -0.240. The molecule has 2 nitrogen and oxygen atoms in total. The molecule has 88 valence electrons. The van der Waals surface area contributed by atoms with Crippen LogP contribution in [0.2, 0.25) is 0 Å². The molecule has 1 N–H and O–H groups in total. The van der Waals surface area contributed by atoms with Crippen LogP contribution in [0.25, 0.3) is 0 Å². The maximum absolute atomic E-state index is 11.6. The van der Waals surface area contributed by atoms with Crippen molar-refractivity contribution in [2.75, 3.05) is 12.4 Å². The fourth-order valence-electron chi connectivity index (χ4n) is 2.12.